The van der Waals surface area contributed by atoms with Crippen molar-refractivity contribution < 1.29 is 14.0 Å². The number of benzene rings is 3. The molecule has 43 heavy (non-hydrogen) atoms. The minimum absolute atomic E-state index is 0. The summed E-state index contributed by atoms with van der Waals surface area (Å²) in [5.74, 6) is -0.581. The number of anilines is 1. The first kappa shape index (κ1) is 29.8. The predicted molar refractivity (Wildman–Crippen MR) is 170 cm³/mol. The molecule has 7 rings (SSSR count). The van der Waals surface area contributed by atoms with Gasteiger partial charge in [0.25, 0.3) is 0 Å². The van der Waals surface area contributed by atoms with Gasteiger partial charge in [-0.15, -0.1) is 0 Å². The third-order valence-corrected chi connectivity index (χ3v) is 9.84. The number of fused-ring (bicyclic) bond motifs is 7. The van der Waals surface area contributed by atoms with E-state index in [0.29, 0.717) is 41.3 Å². The fourth-order valence-corrected chi connectivity index (χ4v) is 8.14. The van der Waals surface area contributed by atoms with Crippen molar-refractivity contribution in [2.75, 3.05) is 11.9 Å². The minimum atomic E-state index is -1.21. The van der Waals surface area contributed by atoms with Gasteiger partial charge in [0.05, 0.1) is 16.1 Å². The molecule has 1 spiro atoms. The smallest absolute Gasteiger partial charge is 0.250 e. The Morgan fingerprint density at radius 2 is 1.95 bits per heavy atom. The first-order chi connectivity index (χ1) is 20.2. The van der Waals surface area contributed by atoms with Crippen LogP contribution in [0.15, 0.2) is 54.6 Å². The van der Waals surface area contributed by atoms with Gasteiger partial charge in [0.2, 0.25) is 5.91 Å². The largest absolute Gasteiger partial charge is 0.328 e. The Morgan fingerprint density at radius 1 is 1.16 bits per heavy atom. The summed E-state index contributed by atoms with van der Waals surface area (Å²) in [5.41, 5.74) is 2.90. The highest BCUT2D eigenvalue weighted by Gasteiger charge is 2.68. The molecule has 3 aromatic carbocycles. The highest BCUT2D eigenvalue weighted by atomic mass is 35.5. The Morgan fingerprint density at radius 3 is 2.70 bits per heavy atom. The normalized spacial score (nSPS) is 24.2. The second-order valence-electron chi connectivity index (χ2n) is 12.1. The molecule has 4 heterocycles. The molecule has 1 N–H and O–H groups in total. The van der Waals surface area contributed by atoms with Crippen LogP contribution in [0.25, 0.3) is 11.0 Å². The summed E-state index contributed by atoms with van der Waals surface area (Å²) in [6.07, 6.45) is 1.16. The monoisotopic (exact) mass is 620 g/mol. The summed E-state index contributed by atoms with van der Waals surface area (Å²) in [5, 5.41) is 3.64. The number of aromatic nitrogens is 2. The Hall–Kier alpha value is -3.26. The van der Waals surface area contributed by atoms with Crippen molar-refractivity contribution in [1.29, 1.82) is 0 Å². The second-order valence-corrected chi connectivity index (χ2v) is 12.9. The van der Waals surface area contributed by atoms with E-state index >= 15 is 4.39 Å². The van der Waals surface area contributed by atoms with Crippen LogP contribution >= 0.6 is 23.2 Å². The summed E-state index contributed by atoms with van der Waals surface area (Å²) < 4.78 is 18.4. The lowest BCUT2D eigenvalue weighted by Gasteiger charge is -2.40. The average molecular weight is 622 g/mol. The van der Waals surface area contributed by atoms with Crippen LogP contribution < -0.4 is 5.32 Å². The topological polar surface area (TPSA) is 67.2 Å². The quantitative estimate of drug-likeness (QED) is 0.228. The molecular weight excluding hydrogens is 586 g/mol. The van der Waals surface area contributed by atoms with E-state index in [1.807, 2.05) is 31.2 Å². The number of imidazole rings is 1. The zero-order valence-electron chi connectivity index (χ0n) is 23.6. The number of ketones is 1. The fourth-order valence-electron chi connectivity index (χ4n) is 7.79. The fraction of sp³-hybridized carbons (Fsp3) is 0.382. The van der Waals surface area contributed by atoms with Crippen LogP contribution in [0.2, 0.25) is 10.0 Å². The standard InChI is InChI=1S/C33H31Cl2FN4O2.CH4/c1-4-27(41)18-8-11-25-24(14-18)37-31-28-26(12-13-39(25)31)40(16-17(2)3)33(29(28)20-6-5-7-22(35)30(20)36)21-10-9-19(34)15-23(21)38-32(33)42;/h5-11,14-15,17,26,28-29H,4,12-13,16H2,1-3H3,(H,38,42);1H4/t26-,28+,29-,33+;/m0./s1. The molecule has 1 amide bonds. The zero-order valence-corrected chi connectivity index (χ0v) is 25.1. The molecule has 3 aliphatic heterocycles. The maximum absolute atomic E-state index is 16.2. The van der Waals surface area contributed by atoms with Crippen molar-refractivity contribution >= 4 is 51.6 Å². The maximum atomic E-state index is 16.2. The number of rotatable bonds is 5. The van der Waals surface area contributed by atoms with Crippen molar-refractivity contribution in [1.82, 2.24) is 14.5 Å². The third-order valence-electron chi connectivity index (χ3n) is 9.31. The Balaban J connectivity index is 0.00000329. The molecule has 1 aromatic heterocycles. The summed E-state index contributed by atoms with van der Waals surface area (Å²) in [6.45, 7) is 7.44. The summed E-state index contributed by atoms with van der Waals surface area (Å²) >= 11 is 12.8. The van der Waals surface area contributed by atoms with Crippen LogP contribution in [0.5, 0.6) is 0 Å². The molecule has 4 atom stereocenters. The molecule has 0 aliphatic carbocycles. The van der Waals surface area contributed by atoms with Gasteiger partial charge < -0.3 is 9.88 Å². The third kappa shape index (κ3) is 4.19. The number of halogens is 3. The lowest BCUT2D eigenvalue weighted by atomic mass is 9.70. The lowest BCUT2D eigenvalue weighted by molar-refractivity contribution is -0.128. The van der Waals surface area contributed by atoms with Gasteiger partial charge in [0.1, 0.15) is 17.2 Å². The van der Waals surface area contributed by atoms with E-state index in [2.05, 4.69) is 28.6 Å². The van der Waals surface area contributed by atoms with Crippen LogP contribution in [0.1, 0.15) is 80.2 Å². The molecule has 1 saturated heterocycles. The van der Waals surface area contributed by atoms with Crippen LogP contribution in [-0.4, -0.2) is 38.7 Å². The lowest BCUT2D eigenvalue weighted by Crippen LogP contribution is -2.53. The number of nitrogens with zero attached hydrogens (tertiary/aromatic N) is 3. The van der Waals surface area contributed by atoms with Gasteiger partial charge in [-0.1, -0.05) is 69.6 Å². The average Bonchev–Trinajstić information content (AvgIpc) is 3.57. The zero-order chi connectivity index (χ0) is 29.5. The number of carbonyl (C=O) groups is 2. The summed E-state index contributed by atoms with van der Waals surface area (Å²) in [7, 11) is 0. The molecule has 0 saturated carbocycles. The molecule has 9 heteroatoms. The van der Waals surface area contributed by atoms with Gasteiger partial charge in [0.15, 0.2) is 5.78 Å². The van der Waals surface area contributed by atoms with Gasteiger partial charge in [-0.2, -0.15) is 0 Å². The van der Waals surface area contributed by atoms with E-state index in [1.165, 1.54) is 6.07 Å². The predicted octanol–water partition coefficient (Wildman–Crippen LogP) is 8.17. The molecule has 4 aromatic rings. The number of hydrogen-bond acceptors (Lipinski definition) is 4. The molecule has 1 fully saturated rings. The summed E-state index contributed by atoms with van der Waals surface area (Å²) in [6, 6.07) is 16.1. The van der Waals surface area contributed by atoms with E-state index in [0.717, 1.165) is 28.8 Å². The molecule has 3 aliphatic rings. The van der Waals surface area contributed by atoms with Crippen LogP contribution in [0.4, 0.5) is 10.1 Å². The van der Waals surface area contributed by atoms with Crippen LogP contribution in [-0.2, 0) is 16.9 Å². The van der Waals surface area contributed by atoms with E-state index < -0.39 is 17.3 Å². The molecule has 0 radical (unpaired) electrons. The Kier molecular flexibility index (Phi) is 7.43. The maximum Gasteiger partial charge on any atom is 0.250 e. The number of aryl methyl sites for hydroxylation is 1. The number of amides is 1. The van der Waals surface area contributed by atoms with Crippen molar-refractivity contribution in [3.05, 3.63) is 93.0 Å². The number of likely N-dealkylation sites (tertiary alicyclic amines) is 1. The van der Waals surface area contributed by atoms with Crippen LogP contribution in [0.3, 0.4) is 0 Å². The van der Waals surface area contributed by atoms with Crippen molar-refractivity contribution in [2.24, 2.45) is 5.92 Å². The first-order valence-electron chi connectivity index (χ1n) is 14.5. The highest BCUT2D eigenvalue weighted by Crippen LogP contribution is 2.64. The highest BCUT2D eigenvalue weighted by molar-refractivity contribution is 6.31. The number of nitrogens with one attached hydrogen (secondary N) is 1. The molecular formula is C34H35Cl2FN4O2. The van der Waals surface area contributed by atoms with Crippen molar-refractivity contribution in [3.63, 3.8) is 0 Å². The summed E-state index contributed by atoms with van der Waals surface area (Å²) in [4.78, 5) is 34.5. The van der Waals surface area contributed by atoms with Crippen molar-refractivity contribution in [3.8, 4) is 0 Å². The second kappa shape index (κ2) is 10.7. The van der Waals surface area contributed by atoms with Gasteiger partial charge in [-0.3, -0.25) is 14.5 Å². The van der Waals surface area contributed by atoms with Gasteiger partial charge in [0, 0.05) is 59.2 Å². The van der Waals surface area contributed by atoms with Crippen molar-refractivity contribution in [2.45, 2.75) is 71.0 Å². The molecule has 6 nitrogen and oxygen atoms in total. The minimum Gasteiger partial charge on any atom is -0.328 e. The van der Waals surface area contributed by atoms with E-state index in [4.69, 9.17) is 28.2 Å². The van der Waals surface area contributed by atoms with Gasteiger partial charge >= 0.3 is 0 Å². The van der Waals surface area contributed by atoms with Crippen LogP contribution in [0, 0.1) is 11.7 Å². The Bertz CT molecular complexity index is 1790. The van der Waals surface area contributed by atoms with E-state index in [-0.39, 0.29) is 42.0 Å². The first-order valence-corrected chi connectivity index (χ1v) is 15.3. The number of carbonyl (C=O) groups excluding carboxylic acids is 2. The molecule has 0 bridgehead atoms. The molecule has 224 valence electrons. The van der Waals surface area contributed by atoms with Gasteiger partial charge in [-0.05, 0) is 54.3 Å². The number of Topliss-reactive ketones (excluding diaryl/α,β-unsaturated/α-hetero) is 1. The van der Waals surface area contributed by atoms with Gasteiger partial charge in [-0.25, -0.2) is 9.37 Å². The Labute approximate surface area is 261 Å². The molecule has 0 unspecified atom stereocenters. The van der Waals surface area contributed by atoms with E-state index in [1.54, 1.807) is 24.3 Å². The number of hydrogen-bond donors (Lipinski definition) is 1. The van der Waals surface area contributed by atoms with E-state index in [9.17, 15) is 9.59 Å². The SMILES string of the molecule is C.CCC(=O)c1ccc2c(c1)nc1n2CC[C@H]2[C@@H]1[C@H](c1cccc(Cl)c1F)[C@]1(C(=O)Nc3cc(Cl)ccc31)N2CC(C)C.